The van der Waals surface area contributed by atoms with Gasteiger partial charge in [-0.2, -0.15) is 8.42 Å². The first-order valence-corrected chi connectivity index (χ1v) is 22.8. The van der Waals surface area contributed by atoms with Crippen molar-refractivity contribution < 1.29 is 45.6 Å². The van der Waals surface area contributed by atoms with Crippen molar-refractivity contribution >= 4 is 58.0 Å². The standard InChI is InChI=1S/2C22H30O5S.Ca/c2*1-2-3-4-5-6-7-8-9-11-18-12-10-13-21(22(18)28(24,25)26)27-20-16-14-19(23)15-17-20;/h2*10,12-17,23H,2-9,11H2,1H3,(H,24,25,26);/q;;+2/p-2. The van der Waals surface area contributed by atoms with Crippen molar-refractivity contribution in [3.05, 3.63) is 96.1 Å². The summed E-state index contributed by atoms with van der Waals surface area (Å²) in [7, 11) is -9.11. The number of hydrogen-bond donors (Lipinski definition) is 2. The van der Waals surface area contributed by atoms with Crippen LogP contribution in [0.3, 0.4) is 0 Å². The first kappa shape index (κ1) is 50.3. The normalized spacial score (nSPS) is 11.3. The van der Waals surface area contributed by atoms with Crippen LogP contribution in [0.25, 0.3) is 0 Å². The van der Waals surface area contributed by atoms with Crippen LogP contribution in [0.1, 0.15) is 128 Å². The third-order valence-electron chi connectivity index (χ3n) is 9.34. The van der Waals surface area contributed by atoms with Gasteiger partial charge in [-0.1, -0.05) is 140 Å². The first-order chi connectivity index (χ1) is 26.8. The van der Waals surface area contributed by atoms with Crippen LogP contribution >= 0.6 is 0 Å². The number of aromatic hydroxyl groups is 1. The molecule has 0 aliphatic carbocycles. The van der Waals surface area contributed by atoms with E-state index >= 15 is 0 Å². The summed E-state index contributed by atoms with van der Waals surface area (Å²) in [6.07, 6.45) is 19.5. The van der Waals surface area contributed by atoms with Gasteiger partial charge in [-0.05, 0) is 85.3 Å². The zero-order chi connectivity index (χ0) is 40.8. The number of unbranched alkanes of at least 4 members (excludes halogenated alkanes) is 14. The van der Waals surface area contributed by atoms with Gasteiger partial charge in [0.15, 0.2) is 0 Å². The van der Waals surface area contributed by atoms with E-state index in [-0.39, 0.29) is 70.5 Å². The largest absolute Gasteiger partial charge is 2.00 e. The number of aryl methyl sites for hydroxylation is 2. The van der Waals surface area contributed by atoms with Crippen molar-refractivity contribution in [3.63, 3.8) is 0 Å². The Morgan fingerprint density at radius 1 is 0.526 bits per heavy atom. The number of phenolic OH excluding ortho intramolecular Hbond substituents is 1. The molecule has 0 fully saturated rings. The van der Waals surface area contributed by atoms with Gasteiger partial charge < -0.3 is 24.2 Å². The van der Waals surface area contributed by atoms with E-state index in [4.69, 9.17) is 9.47 Å². The van der Waals surface area contributed by atoms with E-state index < -0.39 is 20.2 Å². The van der Waals surface area contributed by atoms with Crippen LogP contribution in [-0.4, -0.2) is 68.8 Å². The molecule has 4 aromatic carbocycles. The summed E-state index contributed by atoms with van der Waals surface area (Å²) in [6, 6.07) is 21.3. The molecule has 0 atom stereocenters. The van der Waals surface area contributed by atoms with Gasteiger partial charge in [0.05, 0.1) is 0 Å². The second-order valence-electron chi connectivity index (χ2n) is 14.0. The zero-order valence-corrected chi connectivity index (χ0v) is 37.3. The summed E-state index contributed by atoms with van der Waals surface area (Å²) < 4.78 is 80.6. The van der Waals surface area contributed by atoms with E-state index in [0.29, 0.717) is 35.5 Å². The van der Waals surface area contributed by atoms with Crippen LogP contribution in [0.4, 0.5) is 0 Å². The van der Waals surface area contributed by atoms with Gasteiger partial charge in [0.2, 0.25) is 0 Å². The number of phenols is 1. The van der Waals surface area contributed by atoms with E-state index in [1.54, 1.807) is 24.3 Å². The fraction of sp³-hybridized carbons (Fsp3) is 0.455. The maximum atomic E-state index is 12.0. The molecular weight excluding hydrogens is 793 g/mol. The minimum Gasteiger partial charge on any atom is -0.872 e. The molecule has 308 valence electrons. The van der Waals surface area contributed by atoms with Crippen molar-refractivity contribution in [2.75, 3.05) is 0 Å². The van der Waals surface area contributed by atoms with Crippen LogP contribution in [0.2, 0.25) is 0 Å². The van der Waals surface area contributed by atoms with Crippen molar-refractivity contribution in [1.29, 1.82) is 0 Å². The van der Waals surface area contributed by atoms with Gasteiger partial charge in [0.1, 0.15) is 48.7 Å². The predicted molar refractivity (Wildman–Crippen MR) is 223 cm³/mol. The van der Waals surface area contributed by atoms with Crippen molar-refractivity contribution in [2.24, 2.45) is 0 Å². The Labute approximate surface area is 370 Å². The minimum absolute atomic E-state index is 0. The molecule has 0 heterocycles. The van der Waals surface area contributed by atoms with Crippen molar-refractivity contribution in [1.82, 2.24) is 0 Å². The van der Waals surface area contributed by atoms with Gasteiger partial charge in [0.25, 0.3) is 10.1 Å². The number of ether oxygens (including phenoxy) is 2. The van der Waals surface area contributed by atoms with Crippen LogP contribution < -0.4 is 14.6 Å². The monoisotopic (exact) mass is 850 g/mol. The molecule has 0 radical (unpaired) electrons. The molecule has 0 amide bonds. The SMILES string of the molecule is CCCCCCCCCCc1cccc(Oc2ccc(O)cc2)c1S(=O)(=O)O.CCCCCCCCCCc1cccc(Oc2ccc([O-])cc2)c1S(=O)(=O)[O-].[Ca+2]. The topological polar surface area (TPSA) is 173 Å². The summed E-state index contributed by atoms with van der Waals surface area (Å²) in [5.41, 5.74) is 1.05. The van der Waals surface area contributed by atoms with E-state index in [1.807, 2.05) is 0 Å². The molecule has 0 saturated heterocycles. The van der Waals surface area contributed by atoms with Gasteiger partial charge in [-0.3, -0.25) is 4.55 Å². The van der Waals surface area contributed by atoms with Gasteiger partial charge in [-0.25, -0.2) is 8.42 Å². The van der Waals surface area contributed by atoms with Crippen LogP contribution in [0.15, 0.2) is 94.7 Å². The minimum atomic E-state index is -4.69. The molecule has 57 heavy (non-hydrogen) atoms. The summed E-state index contributed by atoms with van der Waals surface area (Å²) in [5, 5.41) is 20.6. The van der Waals surface area contributed by atoms with Crippen LogP contribution in [-0.2, 0) is 33.1 Å². The van der Waals surface area contributed by atoms with Gasteiger partial charge >= 0.3 is 37.7 Å². The second-order valence-corrected chi connectivity index (χ2v) is 16.7. The molecule has 0 bridgehead atoms. The van der Waals surface area contributed by atoms with E-state index in [0.717, 1.165) is 38.5 Å². The Morgan fingerprint density at radius 3 is 1.30 bits per heavy atom. The second kappa shape index (κ2) is 27.0. The smallest absolute Gasteiger partial charge is 0.872 e. The molecule has 4 aromatic rings. The Hall–Kier alpha value is -2.84. The maximum absolute atomic E-state index is 12.0. The van der Waals surface area contributed by atoms with E-state index in [9.17, 15) is 36.2 Å². The molecule has 0 aliphatic heterocycles. The number of benzene rings is 4. The maximum Gasteiger partial charge on any atom is 2.00 e. The molecule has 0 spiro atoms. The quantitative estimate of drug-likeness (QED) is 0.0392. The molecule has 0 aromatic heterocycles. The number of rotatable bonds is 24. The molecule has 0 aliphatic rings. The molecule has 0 unspecified atom stereocenters. The van der Waals surface area contributed by atoms with Gasteiger partial charge in [-0.15, -0.1) is 5.75 Å². The summed E-state index contributed by atoms with van der Waals surface area (Å²) in [6.45, 7) is 4.39. The third-order valence-corrected chi connectivity index (χ3v) is 11.3. The average Bonchev–Trinajstić information content (AvgIpc) is 3.15. The summed E-state index contributed by atoms with van der Waals surface area (Å²) in [4.78, 5) is -0.477. The van der Waals surface area contributed by atoms with E-state index in [2.05, 4.69) is 13.8 Å². The summed E-state index contributed by atoms with van der Waals surface area (Å²) in [5.74, 6) is 0.704. The summed E-state index contributed by atoms with van der Waals surface area (Å²) >= 11 is 0. The van der Waals surface area contributed by atoms with Gasteiger partial charge in [0, 0.05) is 0 Å². The number of hydrogen-bond acceptors (Lipinski definition) is 9. The molecule has 10 nitrogen and oxygen atoms in total. The molecule has 0 saturated carbocycles. The van der Waals surface area contributed by atoms with Crippen molar-refractivity contribution in [2.45, 2.75) is 139 Å². The zero-order valence-electron chi connectivity index (χ0n) is 33.5. The van der Waals surface area contributed by atoms with E-state index in [1.165, 1.54) is 125 Å². The third kappa shape index (κ3) is 19.2. The van der Waals surface area contributed by atoms with Crippen LogP contribution in [0.5, 0.6) is 34.5 Å². The molecule has 13 heteroatoms. The fourth-order valence-electron chi connectivity index (χ4n) is 6.43. The average molecular weight is 851 g/mol. The molecule has 4 rings (SSSR count). The first-order valence-electron chi connectivity index (χ1n) is 19.9. The Kier molecular flexibility index (Phi) is 23.8. The Morgan fingerprint density at radius 2 is 0.895 bits per heavy atom. The molecule has 2 N–H and O–H groups in total. The Bertz CT molecular complexity index is 1810. The predicted octanol–water partition coefficient (Wildman–Crippen LogP) is 10.9. The van der Waals surface area contributed by atoms with Crippen LogP contribution in [0, 0.1) is 0 Å². The van der Waals surface area contributed by atoms with Crippen molar-refractivity contribution in [3.8, 4) is 34.5 Å². The fourth-order valence-corrected chi connectivity index (χ4v) is 8.14. The Balaban J connectivity index is 0.000000387. The molecular formula is C44H58CaO10S2.